The van der Waals surface area contributed by atoms with Crippen LogP contribution in [0.25, 0.3) is 0 Å². The molecule has 0 bridgehead atoms. The maximum absolute atomic E-state index is 14.8. The number of hydrogen-bond acceptors (Lipinski definition) is 22. The van der Waals surface area contributed by atoms with Crippen LogP contribution in [0.3, 0.4) is 0 Å². The number of carbonyl (C=O) groups is 16. The maximum atomic E-state index is 14.8. The summed E-state index contributed by atoms with van der Waals surface area (Å²) in [5.41, 5.74) is 23.5. The molecule has 0 aliphatic rings. The van der Waals surface area contributed by atoms with Gasteiger partial charge >= 0.3 is 5.97 Å². The molecule has 16 atom stereocenters. The van der Waals surface area contributed by atoms with E-state index in [9.17, 15) is 86.9 Å². The summed E-state index contributed by atoms with van der Waals surface area (Å²) in [7, 11) is 0. The topological polar surface area (TPSA) is 598 Å². The second-order valence-electron chi connectivity index (χ2n) is 30.9. The summed E-state index contributed by atoms with van der Waals surface area (Å²) in [6.45, 7) is 22.7. The van der Waals surface area contributed by atoms with Crippen LogP contribution in [0.2, 0.25) is 0 Å². The fraction of sp³-hybridized carbons (Fsp3) is 0.697. The van der Waals surface area contributed by atoms with Crippen molar-refractivity contribution >= 4 is 137 Å². The van der Waals surface area contributed by atoms with E-state index in [2.05, 4.69) is 92.1 Å². The Morgan fingerprint density at radius 1 is 0.422 bits per heavy atom. The van der Waals surface area contributed by atoms with E-state index in [0.29, 0.717) is 17.7 Å². The van der Waals surface area contributed by atoms with E-state index < -0.39 is 210 Å². The number of aliphatic imine (C=N–C) groups is 1. The number of primary amides is 1. The number of nitrogens with zero attached hydrogens (tertiary/aromatic N) is 1. The molecule has 24 N–H and O–H groups in total. The Balaban J connectivity index is 3.67. The molecule has 0 saturated carbocycles. The number of aliphatic hydroxyl groups excluding tert-OH is 1. The molecule has 40 heteroatoms. The predicted octanol–water partition coefficient (Wildman–Crippen LogP) is -2.29. The largest absolute Gasteiger partial charge is 0.480 e. The average Bonchev–Trinajstić information content (AvgIpc) is 0.874. The quantitative estimate of drug-likeness (QED) is 0.0141. The zero-order chi connectivity index (χ0) is 88.4. The third-order valence-electron chi connectivity index (χ3n) is 18.3. The van der Waals surface area contributed by atoms with Gasteiger partial charge in [-0.3, -0.25) is 76.9 Å². The minimum atomic E-state index is -1.82. The molecule has 0 aliphatic heterocycles. The number of rotatable bonds is 56. The summed E-state index contributed by atoms with van der Waals surface area (Å²) in [6, 6.07) is -12.4. The second-order valence-corrected chi connectivity index (χ2v) is 33.2. The number of aliphatic hydroxyl groups is 1. The first-order valence-corrected chi connectivity index (χ1v) is 42.6. The number of nitrogens with two attached hydrogens (primary N) is 4. The standard InChI is InChI=1S/C76H131N19O18S3/c1-17-43(12)60(95-66(103)50(26-29-116-16)85-68(105)52(32-40(6)7)87-61(98)44(13)83-67(104)51(31-39(4)5)89-72(109)56(36-96)92-69(106)53(33-41(8)9)88-63(100)47(77)30-38(2)3)74(111)91-55(35-58(78)97)71(108)90-54(34-46-22-19-18-20-23-46)70(107)84-48(24-21-27-81-76(79)80)65(102)94-59(42(10)11)73(110)86-49(25-28-115-15)64(101)82-45(14)62(99)93-57(37-114)75(112)113/h18-20,22-23,38-45,47-57,59-60,96,114H,17,21,24-37,77H2,1-16H3,(H2,78,97)(H,82,101)(H,83,104)(H,84,107)(H,85,105)(H,86,110)(H,87,98)(H,88,100)(H,89,109)(H,90,108)(H,91,111)(H,92,106)(H,93,99)(H,94,102)(H,95,103)(H,112,113)(H4,79,80,81)/t43-,44-,45-,47-,48-,49-,50-,51-,52-,53-,54-,55-,56-,57-,59-,60-/m0/s1. The van der Waals surface area contributed by atoms with Crippen molar-refractivity contribution < 1.29 is 86.9 Å². The highest BCUT2D eigenvalue weighted by Gasteiger charge is 2.40. The van der Waals surface area contributed by atoms with Gasteiger partial charge in [0.05, 0.1) is 19.1 Å². The van der Waals surface area contributed by atoms with Crippen LogP contribution in [-0.4, -0.2) is 244 Å². The molecular formula is C76H131N19O18S3. The number of thiol groups is 1. The van der Waals surface area contributed by atoms with Gasteiger partial charge in [0.25, 0.3) is 0 Å². The summed E-state index contributed by atoms with van der Waals surface area (Å²) in [5, 5.41) is 56.0. The summed E-state index contributed by atoms with van der Waals surface area (Å²) in [4.78, 5) is 226. The van der Waals surface area contributed by atoms with Crippen molar-refractivity contribution in [3.63, 3.8) is 0 Å². The lowest BCUT2D eigenvalue weighted by Gasteiger charge is -2.30. The van der Waals surface area contributed by atoms with E-state index in [4.69, 9.17) is 22.9 Å². The molecule has 37 nitrogen and oxygen atoms in total. The highest BCUT2D eigenvalue weighted by molar-refractivity contribution is 7.98. The molecule has 0 aromatic heterocycles. The van der Waals surface area contributed by atoms with Gasteiger partial charge in [0.15, 0.2) is 5.96 Å². The van der Waals surface area contributed by atoms with Crippen molar-refractivity contribution in [2.75, 3.05) is 42.9 Å². The normalized spacial score (nSPS) is 15.5. The highest BCUT2D eigenvalue weighted by Crippen LogP contribution is 2.17. The Kier molecular flexibility index (Phi) is 49.6. The van der Waals surface area contributed by atoms with E-state index >= 15 is 0 Å². The minimum absolute atomic E-state index is 0.0149. The van der Waals surface area contributed by atoms with Crippen LogP contribution in [0, 0.1) is 35.5 Å². The summed E-state index contributed by atoms with van der Waals surface area (Å²) >= 11 is 6.63. The van der Waals surface area contributed by atoms with E-state index in [0.717, 1.165) is 0 Å². The summed E-state index contributed by atoms with van der Waals surface area (Å²) in [6.07, 6.45) is 3.12. The summed E-state index contributed by atoms with van der Waals surface area (Å²) in [5.74, 6) is -16.3. The number of benzene rings is 1. The average molecular weight is 1700 g/mol. The molecule has 0 heterocycles. The van der Waals surface area contributed by atoms with Gasteiger partial charge in [-0.25, -0.2) is 4.79 Å². The molecule has 1 aromatic rings. The first kappa shape index (κ1) is 105. The lowest BCUT2D eigenvalue weighted by atomic mass is 9.96. The highest BCUT2D eigenvalue weighted by atomic mass is 32.2. The molecule has 0 radical (unpaired) electrons. The number of amides is 15. The van der Waals surface area contributed by atoms with Crippen LogP contribution in [0.15, 0.2) is 35.3 Å². The van der Waals surface area contributed by atoms with Crippen molar-refractivity contribution in [1.82, 2.24) is 74.4 Å². The van der Waals surface area contributed by atoms with E-state index in [1.807, 2.05) is 27.7 Å². The number of aliphatic carboxylic acids is 1. The van der Waals surface area contributed by atoms with Crippen LogP contribution in [0.5, 0.6) is 0 Å². The number of nitrogens with one attached hydrogen (secondary N) is 14. The van der Waals surface area contributed by atoms with Crippen molar-refractivity contribution in [3.8, 4) is 0 Å². The van der Waals surface area contributed by atoms with Gasteiger partial charge in [0.1, 0.15) is 84.6 Å². The zero-order valence-corrected chi connectivity index (χ0v) is 72.3. The van der Waals surface area contributed by atoms with E-state index in [1.54, 1.807) is 98.2 Å². The Bertz CT molecular complexity index is 3430. The Hall–Kier alpha value is -9.02. The van der Waals surface area contributed by atoms with Crippen LogP contribution < -0.4 is 97.4 Å². The van der Waals surface area contributed by atoms with Gasteiger partial charge in [0.2, 0.25) is 88.6 Å². The third-order valence-corrected chi connectivity index (χ3v) is 19.9. The van der Waals surface area contributed by atoms with E-state index in [1.165, 1.54) is 37.4 Å². The lowest BCUT2D eigenvalue weighted by molar-refractivity contribution is -0.141. The molecule has 0 fully saturated rings. The lowest BCUT2D eigenvalue weighted by Crippen LogP contribution is -2.62. The molecule has 1 rings (SSSR count). The minimum Gasteiger partial charge on any atom is -0.480 e. The molecule has 0 spiro atoms. The number of thioether (sulfide) groups is 2. The second kappa shape index (κ2) is 54.8. The van der Waals surface area contributed by atoms with Gasteiger partial charge in [-0.05, 0) is 130 Å². The third kappa shape index (κ3) is 40.2. The van der Waals surface area contributed by atoms with E-state index in [-0.39, 0.29) is 105 Å². The molecular weight excluding hydrogens is 1560 g/mol. The molecule has 656 valence electrons. The number of guanidine groups is 1. The van der Waals surface area contributed by atoms with Gasteiger partial charge in [-0.2, -0.15) is 36.2 Å². The number of hydrogen-bond donors (Lipinski definition) is 21. The van der Waals surface area contributed by atoms with Gasteiger partial charge in [0, 0.05) is 18.7 Å². The molecule has 15 amide bonds. The number of carboxylic acids is 1. The zero-order valence-electron chi connectivity index (χ0n) is 69.8. The van der Waals surface area contributed by atoms with Crippen LogP contribution in [0.4, 0.5) is 0 Å². The number of carbonyl (C=O) groups excluding carboxylic acids is 15. The molecule has 0 unspecified atom stereocenters. The fourth-order valence-electron chi connectivity index (χ4n) is 11.6. The molecule has 1 aromatic carbocycles. The SMILES string of the molecule is CC[C@H](C)[C@H](NC(=O)[C@H](CCSC)NC(=O)[C@H](CC(C)C)NC(=O)[C@H](C)NC(=O)[C@H](CC(C)C)NC(=O)[C@H](CO)NC(=O)[C@H](CC(C)C)NC(=O)[C@@H](N)CC(C)C)C(=O)N[C@@H](CC(N)=O)C(=O)N[C@@H](Cc1ccccc1)C(=O)N[C@@H](CCCN=C(N)N)C(=O)N[C@H](C(=O)N[C@@H](CCSC)C(=O)N[C@@H](C)C(=O)N[C@@H](CS)C(=O)O)C(C)C. The fourth-order valence-corrected chi connectivity index (χ4v) is 12.8. The molecule has 0 saturated heterocycles. The maximum Gasteiger partial charge on any atom is 0.327 e. The van der Waals surface area contributed by atoms with Crippen molar-refractivity contribution in [2.45, 2.75) is 258 Å². The van der Waals surface area contributed by atoms with Gasteiger partial charge in [-0.15, -0.1) is 0 Å². The Labute approximate surface area is 695 Å². The Morgan fingerprint density at radius 3 is 1.20 bits per heavy atom. The first-order valence-electron chi connectivity index (χ1n) is 39.2. The van der Waals surface area contributed by atoms with Crippen LogP contribution in [0.1, 0.15) is 167 Å². The van der Waals surface area contributed by atoms with Gasteiger partial charge in [-0.1, -0.05) is 120 Å². The van der Waals surface area contributed by atoms with Crippen molar-refractivity contribution in [2.24, 2.45) is 63.4 Å². The predicted molar refractivity (Wildman–Crippen MR) is 447 cm³/mol. The molecule has 0 aliphatic carbocycles. The van der Waals surface area contributed by atoms with Crippen LogP contribution >= 0.6 is 36.2 Å². The monoisotopic (exact) mass is 1690 g/mol. The first-order chi connectivity index (χ1) is 54.3. The Morgan fingerprint density at radius 2 is 0.776 bits per heavy atom. The molecule has 116 heavy (non-hydrogen) atoms. The van der Waals surface area contributed by atoms with Gasteiger partial charge < -0.3 is 108 Å². The van der Waals surface area contributed by atoms with Crippen molar-refractivity contribution in [1.29, 1.82) is 0 Å². The smallest absolute Gasteiger partial charge is 0.327 e. The van der Waals surface area contributed by atoms with Crippen molar-refractivity contribution in [3.05, 3.63) is 35.9 Å². The number of carboxylic acid groups (broad SMARTS) is 1. The van der Waals surface area contributed by atoms with Crippen LogP contribution in [-0.2, 0) is 83.1 Å². The summed E-state index contributed by atoms with van der Waals surface area (Å²) < 4.78 is 0.